The molecule has 6 atom stereocenters. The smallest absolute Gasteiger partial charge is 0.273 e. The predicted molar refractivity (Wildman–Crippen MR) is 264 cm³/mol. The Balaban J connectivity index is 1.35. The number of amides is 1. The third-order valence-corrected chi connectivity index (χ3v) is 13.3. The van der Waals surface area contributed by atoms with Gasteiger partial charge in [0.2, 0.25) is 18.5 Å². The van der Waals surface area contributed by atoms with Gasteiger partial charge in [0.15, 0.2) is 11.5 Å². The second-order valence-electron chi connectivity index (χ2n) is 19.2. The van der Waals surface area contributed by atoms with E-state index in [0.29, 0.717) is 60.0 Å². The summed E-state index contributed by atoms with van der Waals surface area (Å²) in [7, 11) is 0. The lowest BCUT2D eigenvalue weighted by Crippen LogP contribution is -2.70. The van der Waals surface area contributed by atoms with E-state index in [1.807, 2.05) is 45.0 Å². The molecule has 1 fully saturated rings. The fourth-order valence-corrected chi connectivity index (χ4v) is 10.2. The first-order valence-electron chi connectivity index (χ1n) is 24.0. The van der Waals surface area contributed by atoms with E-state index in [1.165, 1.54) is 30.3 Å². The molecule has 0 spiro atoms. The highest BCUT2D eigenvalue weighted by molar-refractivity contribution is 6.03. The number of ether oxygens (including phenoxy) is 5. The zero-order chi connectivity index (χ0) is 50.3. The van der Waals surface area contributed by atoms with Gasteiger partial charge in [0.05, 0.1) is 34.1 Å². The summed E-state index contributed by atoms with van der Waals surface area (Å²) in [4.78, 5) is 45.6. The minimum atomic E-state index is -1.61. The van der Waals surface area contributed by atoms with Crippen LogP contribution in [0, 0.1) is 38.0 Å². The van der Waals surface area contributed by atoms with Crippen LogP contribution in [0.4, 0.5) is 11.4 Å². The summed E-state index contributed by atoms with van der Waals surface area (Å²) in [6.07, 6.45) is 11.1. The third-order valence-electron chi connectivity index (χ3n) is 13.3. The Hall–Kier alpha value is -7.08. The van der Waals surface area contributed by atoms with Crippen LogP contribution in [0.3, 0.4) is 0 Å². The van der Waals surface area contributed by atoms with Crippen LogP contribution in [0.2, 0.25) is 0 Å². The lowest BCUT2D eigenvalue weighted by Gasteiger charge is -2.60. The molecule has 2 heterocycles. The summed E-state index contributed by atoms with van der Waals surface area (Å²) in [5.74, 6) is -0.939. The summed E-state index contributed by atoms with van der Waals surface area (Å²) >= 11 is 0. The van der Waals surface area contributed by atoms with Crippen LogP contribution in [0.5, 0.6) is 28.7 Å². The number of benzene rings is 4. The number of hydrogen-bond acceptors (Lipinski definition) is 14. The number of allylic oxidation sites excluding steroid dienone is 1. The number of rotatable bonds is 21. The number of hydrogen-bond donors (Lipinski definition) is 2. The van der Waals surface area contributed by atoms with Gasteiger partial charge in [-0.2, -0.15) is 0 Å². The molecule has 1 saturated carbocycles. The third kappa shape index (κ3) is 11.3. The molecule has 8 rings (SSSR count). The number of carbonyl (C=O) groups is 1. The number of nitrogens with zero attached hydrogens (tertiary/aromatic N) is 4. The monoisotopic (exact) mass is 972 g/mol. The number of carbonyl (C=O) groups excluding carboxylic acids is 1. The van der Waals surface area contributed by atoms with Crippen molar-refractivity contribution in [2.45, 2.75) is 95.6 Å². The van der Waals surface area contributed by atoms with Crippen LogP contribution in [0.15, 0.2) is 120 Å². The van der Waals surface area contributed by atoms with Crippen molar-refractivity contribution in [2.75, 3.05) is 26.6 Å². The number of fused-ring (bicyclic) bond motifs is 3. The van der Waals surface area contributed by atoms with Crippen LogP contribution < -0.4 is 18.9 Å². The highest BCUT2D eigenvalue weighted by Crippen LogP contribution is 2.62. The molecule has 2 aliphatic heterocycles. The molecule has 4 aromatic rings. The Morgan fingerprint density at radius 3 is 2.32 bits per heavy atom. The molecule has 4 aromatic carbocycles. The number of non-ortho nitro benzene ring substituents is 2. The van der Waals surface area contributed by atoms with E-state index in [1.54, 1.807) is 53.5 Å². The second-order valence-corrected chi connectivity index (χ2v) is 19.2. The maximum atomic E-state index is 15.3. The molecule has 17 heteroatoms. The van der Waals surface area contributed by atoms with Crippen molar-refractivity contribution in [3.05, 3.63) is 152 Å². The second kappa shape index (κ2) is 21.9. The predicted octanol–water partition coefficient (Wildman–Crippen LogP) is 10.2. The molecule has 17 nitrogen and oxygen atoms in total. The fourth-order valence-electron chi connectivity index (χ4n) is 10.2. The van der Waals surface area contributed by atoms with Crippen molar-refractivity contribution in [3.8, 4) is 28.7 Å². The molecular formula is C54H60N4O13. The van der Waals surface area contributed by atoms with E-state index in [2.05, 4.69) is 12.7 Å². The Labute approximate surface area is 412 Å². The molecule has 4 aliphatic rings. The van der Waals surface area contributed by atoms with E-state index >= 15 is 4.79 Å². The van der Waals surface area contributed by atoms with Crippen LogP contribution in [0.1, 0.15) is 88.3 Å². The highest BCUT2D eigenvalue weighted by Gasteiger charge is 2.65. The van der Waals surface area contributed by atoms with Gasteiger partial charge >= 0.3 is 0 Å². The Bertz CT molecular complexity index is 2700. The lowest BCUT2D eigenvalue weighted by molar-refractivity contribution is -0.385. The van der Waals surface area contributed by atoms with Gasteiger partial charge in [-0.15, -0.1) is 6.58 Å². The van der Waals surface area contributed by atoms with Crippen molar-refractivity contribution in [3.63, 3.8) is 0 Å². The summed E-state index contributed by atoms with van der Waals surface area (Å²) in [5.41, 5.74) is 2.60. The summed E-state index contributed by atoms with van der Waals surface area (Å²) in [6, 6.07) is 21.9. The van der Waals surface area contributed by atoms with E-state index < -0.39 is 45.0 Å². The van der Waals surface area contributed by atoms with Crippen LogP contribution in [-0.2, 0) is 20.9 Å². The van der Waals surface area contributed by atoms with Gasteiger partial charge in [-0.05, 0) is 130 Å². The van der Waals surface area contributed by atoms with E-state index in [-0.39, 0.29) is 68.5 Å². The molecule has 0 radical (unpaired) electrons. The molecule has 0 aromatic heterocycles. The highest BCUT2D eigenvalue weighted by atomic mass is 16.7. The van der Waals surface area contributed by atoms with Crippen LogP contribution >= 0.6 is 0 Å². The van der Waals surface area contributed by atoms with Gasteiger partial charge in [0.25, 0.3) is 11.4 Å². The maximum absolute atomic E-state index is 15.3. The maximum Gasteiger partial charge on any atom is 0.273 e. The van der Waals surface area contributed by atoms with Gasteiger partial charge in [-0.3, -0.25) is 25.0 Å². The molecular weight excluding hydrogens is 913 g/mol. The summed E-state index contributed by atoms with van der Waals surface area (Å²) in [5, 5.41) is 48.2. The Morgan fingerprint density at radius 2 is 1.61 bits per heavy atom. The molecule has 0 saturated heterocycles. The van der Waals surface area contributed by atoms with Crippen LogP contribution in [-0.4, -0.2) is 80.6 Å². The summed E-state index contributed by atoms with van der Waals surface area (Å²) < 4.78 is 32.4. The minimum Gasteiger partial charge on any atom is -0.459 e. The van der Waals surface area contributed by atoms with E-state index in [4.69, 9.17) is 33.7 Å². The first kappa shape index (κ1) is 50.3. The van der Waals surface area contributed by atoms with Gasteiger partial charge in [0.1, 0.15) is 28.9 Å². The first-order chi connectivity index (χ1) is 34.2. The molecule has 71 heavy (non-hydrogen) atoms. The topological polar surface area (TPSA) is 215 Å². The number of nitro groups is 2. The number of unbranched alkanes of at least 4 members (excludes halogenated alkanes) is 2. The summed E-state index contributed by atoms with van der Waals surface area (Å²) in [6.45, 7) is 9.94. The number of aliphatic hydroxyl groups is 2. The average Bonchev–Trinajstić information content (AvgIpc) is 3.83. The lowest BCUT2D eigenvalue weighted by atomic mass is 9.55. The largest absolute Gasteiger partial charge is 0.459 e. The first-order valence-corrected chi connectivity index (χ1v) is 24.0. The number of oxime groups is 1. The number of aliphatic hydroxyl groups excluding tert-OH is 2. The van der Waals surface area contributed by atoms with Gasteiger partial charge in [-0.1, -0.05) is 42.3 Å². The SMILES string of the molecule is C=CCO[C@@]12Oc3ccc(Oc4cccc([N+](=O)[O-])c4)cc3[C@H]3[C@H](CCCCO)[C@@H](CCCCO)C=C(C(=NOC(C)(C)C)C[C@@H]1N(Cc1ccc4c(c1)OCO4)C(=O)C=Cc1ccc([N+](=O)[O-])cc1)[C@H]32. The van der Waals surface area contributed by atoms with Crippen LogP contribution in [0.25, 0.3) is 6.08 Å². The van der Waals surface area contributed by atoms with Gasteiger partial charge in [-0.25, -0.2) is 0 Å². The minimum absolute atomic E-state index is 0.0116. The molecule has 1 amide bonds. The van der Waals surface area contributed by atoms with Crippen molar-refractivity contribution >= 4 is 29.1 Å². The Morgan fingerprint density at radius 1 is 0.887 bits per heavy atom. The zero-order valence-corrected chi connectivity index (χ0v) is 40.1. The van der Waals surface area contributed by atoms with Crippen molar-refractivity contribution < 1.29 is 53.4 Å². The van der Waals surface area contributed by atoms with E-state index in [0.717, 1.165) is 29.5 Å². The number of nitro benzene ring substituents is 2. The molecule has 2 aliphatic carbocycles. The standard InChI is InChI=1S/C54H60N4O13/c1-5-27-68-54-49(56(33-36-17-22-47-48(28-36)67-34-66-47)50(61)24-18-35-15-19-38(20-16-35)57(62)63)32-45(55-71-53(2,3)4)43-29-37(11-6-8-25-59)42(14-7-9-26-60)51(52(43)54)44-31-41(21-23-46(44)70-54)69-40-13-10-12-39(30-40)58(64)65/h5,10,12-13,15-24,28-31,37,42,49,51-52,59-60H,1,6-9,11,14,25-27,32-34H2,2-4H3/t37-,42+,49-,51+,52+,54+/m0/s1. The van der Waals surface area contributed by atoms with Crippen molar-refractivity contribution in [1.29, 1.82) is 0 Å². The van der Waals surface area contributed by atoms with Crippen molar-refractivity contribution in [2.24, 2.45) is 22.9 Å². The normalized spacial score (nSPS) is 22.5. The zero-order valence-electron chi connectivity index (χ0n) is 40.1. The van der Waals surface area contributed by atoms with Gasteiger partial charge in [0, 0.05) is 61.9 Å². The molecule has 0 bridgehead atoms. The molecule has 0 unspecified atom stereocenters. The van der Waals surface area contributed by atoms with Gasteiger partial charge < -0.3 is 43.6 Å². The molecule has 2 N–H and O–H groups in total. The quantitative estimate of drug-likeness (QED) is 0.0262. The molecule has 374 valence electrons. The fraction of sp³-hybridized carbons (Fsp3) is 0.407. The average molecular weight is 973 g/mol. The van der Waals surface area contributed by atoms with Crippen molar-refractivity contribution in [1.82, 2.24) is 4.90 Å². The Kier molecular flexibility index (Phi) is 15.5. The van der Waals surface area contributed by atoms with E-state index in [9.17, 15) is 30.4 Å².